The third-order valence-electron chi connectivity index (χ3n) is 2.73. The molecule has 4 nitrogen and oxygen atoms in total. The van der Waals surface area contributed by atoms with Crippen LogP contribution in [0, 0.1) is 0 Å². The van der Waals surface area contributed by atoms with Gasteiger partial charge in [-0.05, 0) is 12.8 Å². The summed E-state index contributed by atoms with van der Waals surface area (Å²) in [4.78, 5) is 0. The van der Waals surface area contributed by atoms with Crippen molar-refractivity contribution in [3.05, 3.63) is 11.9 Å². The molecule has 13 heavy (non-hydrogen) atoms. The van der Waals surface area contributed by atoms with Crippen molar-refractivity contribution >= 4 is 0 Å². The van der Waals surface area contributed by atoms with E-state index >= 15 is 0 Å². The zero-order chi connectivity index (χ0) is 9.10. The van der Waals surface area contributed by atoms with Crippen molar-refractivity contribution in [3.63, 3.8) is 0 Å². The first kappa shape index (κ1) is 8.69. The van der Waals surface area contributed by atoms with Gasteiger partial charge in [-0.3, -0.25) is 0 Å². The van der Waals surface area contributed by atoms with Crippen molar-refractivity contribution < 1.29 is 5.11 Å². The van der Waals surface area contributed by atoms with Crippen molar-refractivity contribution in [1.29, 1.82) is 0 Å². The van der Waals surface area contributed by atoms with E-state index in [1.807, 2.05) is 4.68 Å². The summed E-state index contributed by atoms with van der Waals surface area (Å²) >= 11 is 0. The van der Waals surface area contributed by atoms with Gasteiger partial charge in [-0.15, -0.1) is 5.10 Å². The lowest BCUT2D eigenvalue weighted by Crippen LogP contribution is -2.16. The summed E-state index contributed by atoms with van der Waals surface area (Å²) in [5, 5.41) is 16.9. The van der Waals surface area contributed by atoms with E-state index in [-0.39, 0.29) is 6.61 Å². The minimum absolute atomic E-state index is 0.0451. The van der Waals surface area contributed by atoms with Gasteiger partial charge in [0.1, 0.15) is 0 Å². The summed E-state index contributed by atoms with van der Waals surface area (Å²) in [5.74, 6) is 0. The largest absolute Gasteiger partial charge is 0.390 e. The first-order valence-electron chi connectivity index (χ1n) is 4.91. The molecule has 1 N–H and O–H groups in total. The molecule has 1 saturated carbocycles. The number of rotatable bonds is 2. The lowest BCUT2D eigenvalue weighted by molar-refractivity contribution is 0.247. The molecule has 1 aromatic heterocycles. The summed E-state index contributed by atoms with van der Waals surface area (Å²) in [6, 6.07) is 0.471. The second-order valence-corrected chi connectivity index (χ2v) is 3.62. The van der Waals surface area contributed by atoms with E-state index in [1.165, 1.54) is 32.1 Å². The molecule has 72 valence electrons. The van der Waals surface area contributed by atoms with Gasteiger partial charge in [-0.25, -0.2) is 4.68 Å². The molecule has 0 radical (unpaired) electrons. The summed E-state index contributed by atoms with van der Waals surface area (Å²) in [6.07, 6.45) is 7.88. The van der Waals surface area contributed by atoms with Crippen LogP contribution >= 0.6 is 0 Å². The van der Waals surface area contributed by atoms with Crippen molar-refractivity contribution in [2.24, 2.45) is 0 Å². The summed E-state index contributed by atoms with van der Waals surface area (Å²) in [6.45, 7) is 0.0451. The molecule has 0 aromatic carbocycles. The van der Waals surface area contributed by atoms with Gasteiger partial charge in [0.25, 0.3) is 0 Å². The molecule has 2 rings (SSSR count). The highest BCUT2D eigenvalue weighted by atomic mass is 16.3. The Morgan fingerprint density at radius 2 is 2.15 bits per heavy atom. The van der Waals surface area contributed by atoms with E-state index in [2.05, 4.69) is 10.3 Å². The summed E-state index contributed by atoms with van der Waals surface area (Å²) < 4.78 is 1.89. The quantitative estimate of drug-likeness (QED) is 0.747. The minimum Gasteiger partial charge on any atom is -0.390 e. The number of nitrogens with zero attached hydrogens (tertiary/aromatic N) is 3. The Morgan fingerprint density at radius 3 is 2.85 bits per heavy atom. The Labute approximate surface area is 77.6 Å². The molecule has 0 saturated heterocycles. The van der Waals surface area contributed by atoms with Crippen LogP contribution in [-0.4, -0.2) is 20.1 Å². The zero-order valence-corrected chi connectivity index (χ0v) is 7.69. The highest BCUT2D eigenvalue weighted by Gasteiger charge is 2.18. The minimum atomic E-state index is 0.0451. The van der Waals surface area contributed by atoms with Crippen molar-refractivity contribution in [2.75, 3.05) is 0 Å². The molecular weight excluding hydrogens is 166 g/mol. The first-order chi connectivity index (χ1) is 6.42. The number of hydrogen-bond donors (Lipinski definition) is 1. The first-order valence-corrected chi connectivity index (χ1v) is 4.91. The normalized spacial score (nSPS) is 19.2. The van der Waals surface area contributed by atoms with Gasteiger partial charge in [-0.1, -0.05) is 24.5 Å². The molecule has 0 aliphatic heterocycles. The zero-order valence-electron chi connectivity index (χ0n) is 7.69. The highest BCUT2D eigenvalue weighted by Crippen LogP contribution is 2.27. The number of hydrogen-bond acceptors (Lipinski definition) is 3. The molecule has 4 heteroatoms. The van der Waals surface area contributed by atoms with Crippen LogP contribution in [0.4, 0.5) is 0 Å². The topological polar surface area (TPSA) is 50.9 Å². The molecule has 1 aromatic rings. The van der Waals surface area contributed by atoms with E-state index in [0.29, 0.717) is 6.04 Å². The third-order valence-corrected chi connectivity index (χ3v) is 2.73. The smallest absolute Gasteiger partial charge is 0.0866 e. The standard InChI is InChI=1S/C9H15N3O/c13-7-9-6-10-11-12(9)8-4-2-1-3-5-8/h6,8,13H,1-5,7H2. The predicted molar refractivity (Wildman–Crippen MR) is 48.1 cm³/mol. The molecule has 0 amide bonds. The predicted octanol–water partition coefficient (Wildman–Crippen LogP) is 1.28. The number of aromatic nitrogens is 3. The Hall–Kier alpha value is -0.900. The van der Waals surface area contributed by atoms with E-state index in [9.17, 15) is 0 Å². The van der Waals surface area contributed by atoms with Crippen LogP contribution in [0.5, 0.6) is 0 Å². The lowest BCUT2D eigenvalue weighted by atomic mass is 9.95. The van der Waals surface area contributed by atoms with Crippen molar-refractivity contribution in [3.8, 4) is 0 Å². The SMILES string of the molecule is OCc1cnnn1C1CCCCC1. The average molecular weight is 181 g/mol. The second-order valence-electron chi connectivity index (χ2n) is 3.62. The van der Waals surface area contributed by atoms with E-state index in [0.717, 1.165) is 5.69 Å². The fraction of sp³-hybridized carbons (Fsp3) is 0.778. The highest BCUT2D eigenvalue weighted by molar-refractivity contribution is 4.93. The molecule has 0 spiro atoms. The fourth-order valence-corrected chi connectivity index (χ4v) is 2.01. The van der Waals surface area contributed by atoms with Gasteiger partial charge < -0.3 is 5.11 Å². The monoisotopic (exact) mass is 181 g/mol. The van der Waals surface area contributed by atoms with Crippen LogP contribution in [0.25, 0.3) is 0 Å². The van der Waals surface area contributed by atoms with Crippen LogP contribution in [0.15, 0.2) is 6.20 Å². The van der Waals surface area contributed by atoms with Crippen molar-refractivity contribution in [1.82, 2.24) is 15.0 Å². The summed E-state index contributed by atoms with van der Waals surface area (Å²) in [7, 11) is 0. The molecule has 0 unspecified atom stereocenters. The maximum atomic E-state index is 9.04. The van der Waals surface area contributed by atoms with Crippen LogP contribution in [0.2, 0.25) is 0 Å². The van der Waals surface area contributed by atoms with Crippen molar-refractivity contribution in [2.45, 2.75) is 44.8 Å². The molecule has 0 bridgehead atoms. The van der Waals surface area contributed by atoms with Crippen LogP contribution in [-0.2, 0) is 6.61 Å². The molecular formula is C9H15N3O. The second kappa shape index (κ2) is 3.87. The van der Waals surface area contributed by atoms with E-state index in [1.54, 1.807) is 6.20 Å². The molecule has 1 heterocycles. The molecule has 1 fully saturated rings. The van der Waals surface area contributed by atoms with Gasteiger partial charge >= 0.3 is 0 Å². The van der Waals surface area contributed by atoms with E-state index < -0.39 is 0 Å². The lowest BCUT2D eigenvalue weighted by Gasteiger charge is -2.22. The van der Waals surface area contributed by atoms with Crippen LogP contribution in [0.3, 0.4) is 0 Å². The number of aliphatic hydroxyl groups excluding tert-OH is 1. The van der Waals surface area contributed by atoms with Gasteiger partial charge in [0.05, 0.1) is 24.5 Å². The summed E-state index contributed by atoms with van der Waals surface area (Å²) in [5.41, 5.74) is 0.840. The molecule has 1 aliphatic rings. The average Bonchev–Trinajstić information content (AvgIpc) is 2.67. The van der Waals surface area contributed by atoms with Crippen LogP contribution in [0.1, 0.15) is 43.8 Å². The Morgan fingerprint density at radius 1 is 1.38 bits per heavy atom. The maximum absolute atomic E-state index is 9.04. The Bertz CT molecular complexity index is 266. The van der Waals surface area contributed by atoms with Gasteiger partial charge in [0.2, 0.25) is 0 Å². The van der Waals surface area contributed by atoms with Gasteiger partial charge in [-0.2, -0.15) is 0 Å². The number of aliphatic hydroxyl groups is 1. The van der Waals surface area contributed by atoms with Gasteiger partial charge in [0, 0.05) is 0 Å². The molecule has 0 atom stereocenters. The molecule has 1 aliphatic carbocycles. The maximum Gasteiger partial charge on any atom is 0.0866 e. The third kappa shape index (κ3) is 1.72. The van der Waals surface area contributed by atoms with Gasteiger partial charge in [0.15, 0.2) is 0 Å². The Kier molecular flexibility index (Phi) is 2.59. The van der Waals surface area contributed by atoms with Crippen LogP contribution < -0.4 is 0 Å². The van der Waals surface area contributed by atoms with E-state index in [4.69, 9.17) is 5.11 Å². The fourth-order valence-electron chi connectivity index (χ4n) is 2.01. The Balaban J connectivity index is 2.13.